The molecule has 0 amide bonds. The van der Waals surface area contributed by atoms with Crippen molar-refractivity contribution in [3.63, 3.8) is 0 Å². The molecule has 1 fully saturated rings. The first-order valence-corrected chi connectivity index (χ1v) is 8.51. The maximum absolute atomic E-state index is 11.9. The molecular weight excluding hydrogens is 345 g/mol. The van der Waals surface area contributed by atoms with Gasteiger partial charge in [-0.3, -0.25) is 18.9 Å². The topological polar surface area (TPSA) is 158 Å². The standard InChI is InChI=1S/C12H16N3O8P/c1-14-5-15(11-8(14)6(16)2-3-13-11)12-10(18)9(17)7(23-12)4-22-24(19,20)21/h2-3,5,7,9-10,12,17-18H,4H2,1H3,(H2-,13,16,19,20,21)/p+1. The van der Waals surface area contributed by atoms with Crippen molar-refractivity contribution < 1.29 is 38.4 Å². The quantitative estimate of drug-likeness (QED) is 0.305. The second-order valence-corrected chi connectivity index (χ2v) is 6.74. The van der Waals surface area contributed by atoms with E-state index in [0.29, 0.717) is 11.2 Å². The number of imidazole rings is 1. The SMILES string of the molecule is Cn1c[n+](C2OC(COP(=O)(O)O)C(O)C2O)c2[nH]ccc(=O)c21. The van der Waals surface area contributed by atoms with Gasteiger partial charge in [-0.1, -0.05) is 0 Å². The maximum atomic E-state index is 11.9. The molecule has 0 bridgehead atoms. The number of phosphoric acid groups is 1. The van der Waals surface area contributed by atoms with Crippen LogP contribution in [0.25, 0.3) is 11.2 Å². The second-order valence-electron chi connectivity index (χ2n) is 5.51. The first kappa shape index (κ1) is 17.2. The van der Waals surface area contributed by atoms with Crippen LogP contribution in [0.4, 0.5) is 0 Å². The van der Waals surface area contributed by atoms with Gasteiger partial charge in [0.2, 0.25) is 17.2 Å². The average Bonchev–Trinajstić information content (AvgIpc) is 2.96. The van der Waals surface area contributed by atoms with E-state index in [1.807, 2.05) is 0 Å². The normalized spacial score (nSPS) is 27.9. The number of aryl methyl sites for hydroxylation is 1. The van der Waals surface area contributed by atoms with Crippen molar-refractivity contribution in [1.82, 2.24) is 9.55 Å². The number of aliphatic hydroxyl groups is 2. The molecule has 132 valence electrons. The highest BCUT2D eigenvalue weighted by atomic mass is 31.2. The molecule has 1 saturated heterocycles. The lowest BCUT2D eigenvalue weighted by Crippen LogP contribution is -2.46. The molecule has 5 N–H and O–H groups in total. The first-order chi connectivity index (χ1) is 11.2. The number of nitrogens with zero attached hydrogens (tertiary/aromatic N) is 2. The molecule has 12 heteroatoms. The number of fused-ring (bicyclic) bond motifs is 1. The second kappa shape index (κ2) is 6.05. The fourth-order valence-corrected chi connectivity index (χ4v) is 3.10. The molecular formula is C12H17N3O8P+. The summed E-state index contributed by atoms with van der Waals surface area (Å²) in [6.45, 7) is -0.596. The van der Waals surface area contributed by atoms with Gasteiger partial charge in [-0.25, -0.2) is 9.13 Å². The summed E-state index contributed by atoms with van der Waals surface area (Å²) in [4.78, 5) is 32.3. The van der Waals surface area contributed by atoms with E-state index in [-0.39, 0.29) is 5.43 Å². The summed E-state index contributed by atoms with van der Waals surface area (Å²) in [5.74, 6) is 0. The molecule has 24 heavy (non-hydrogen) atoms. The third kappa shape index (κ3) is 3.03. The van der Waals surface area contributed by atoms with E-state index in [4.69, 9.17) is 14.5 Å². The Morgan fingerprint density at radius 1 is 1.42 bits per heavy atom. The van der Waals surface area contributed by atoms with Crippen molar-refractivity contribution in [3.05, 3.63) is 28.8 Å². The zero-order valence-corrected chi connectivity index (χ0v) is 13.4. The van der Waals surface area contributed by atoms with Crippen LogP contribution in [0.2, 0.25) is 0 Å². The fraction of sp³-hybridized carbons (Fsp3) is 0.500. The molecule has 1 aliphatic heterocycles. The summed E-state index contributed by atoms with van der Waals surface area (Å²) in [6, 6.07) is 1.35. The van der Waals surface area contributed by atoms with Crippen molar-refractivity contribution in [1.29, 1.82) is 0 Å². The summed E-state index contributed by atoms with van der Waals surface area (Å²) >= 11 is 0. The van der Waals surface area contributed by atoms with E-state index in [1.165, 1.54) is 27.7 Å². The molecule has 0 saturated carbocycles. The Bertz CT molecular complexity index is 858. The van der Waals surface area contributed by atoms with Crippen molar-refractivity contribution in [2.24, 2.45) is 7.05 Å². The zero-order valence-electron chi connectivity index (χ0n) is 12.5. The van der Waals surface area contributed by atoms with Crippen molar-refractivity contribution in [2.45, 2.75) is 24.5 Å². The number of aliphatic hydroxyl groups excluding tert-OH is 2. The van der Waals surface area contributed by atoms with Crippen LogP contribution < -0.4 is 10.00 Å². The highest BCUT2D eigenvalue weighted by Crippen LogP contribution is 2.37. The average molecular weight is 362 g/mol. The Morgan fingerprint density at radius 3 is 2.79 bits per heavy atom. The lowest BCUT2D eigenvalue weighted by molar-refractivity contribution is -0.745. The summed E-state index contributed by atoms with van der Waals surface area (Å²) in [5, 5.41) is 20.2. The van der Waals surface area contributed by atoms with E-state index in [9.17, 15) is 19.6 Å². The van der Waals surface area contributed by atoms with Gasteiger partial charge in [-0.2, -0.15) is 0 Å². The highest BCUT2D eigenvalue weighted by molar-refractivity contribution is 7.46. The van der Waals surface area contributed by atoms with Gasteiger partial charge in [0.05, 0.1) is 19.9 Å². The van der Waals surface area contributed by atoms with Crippen LogP contribution in [-0.4, -0.2) is 54.5 Å². The minimum atomic E-state index is -4.73. The number of H-pyrrole nitrogens is 1. The maximum Gasteiger partial charge on any atom is 0.469 e. The number of rotatable bonds is 4. The number of aromatic amines is 1. The van der Waals surface area contributed by atoms with E-state index in [0.717, 1.165) is 0 Å². The van der Waals surface area contributed by atoms with E-state index < -0.39 is 39.0 Å². The summed E-state index contributed by atoms with van der Waals surface area (Å²) in [6.07, 6.45) is -2.06. The van der Waals surface area contributed by atoms with Crippen LogP contribution >= 0.6 is 7.82 Å². The molecule has 4 unspecified atom stereocenters. The van der Waals surface area contributed by atoms with Gasteiger partial charge < -0.3 is 24.7 Å². The Morgan fingerprint density at radius 2 is 2.12 bits per heavy atom. The smallest absolute Gasteiger partial charge is 0.387 e. The van der Waals surface area contributed by atoms with Gasteiger partial charge in [0.25, 0.3) is 5.65 Å². The van der Waals surface area contributed by atoms with Crippen LogP contribution in [0, 0.1) is 0 Å². The van der Waals surface area contributed by atoms with Crippen molar-refractivity contribution in [3.8, 4) is 0 Å². The molecule has 11 nitrogen and oxygen atoms in total. The van der Waals surface area contributed by atoms with E-state index >= 15 is 0 Å². The van der Waals surface area contributed by atoms with E-state index in [1.54, 1.807) is 7.05 Å². The Kier molecular flexibility index (Phi) is 4.34. The van der Waals surface area contributed by atoms with Crippen LogP contribution in [0.1, 0.15) is 6.23 Å². The minimum Gasteiger partial charge on any atom is -0.387 e. The Hall–Kier alpha value is -1.59. The number of hydrogen-bond donors (Lipinski definition) is 5. The minimum absolute atomic E-state index is 0.237. The molecule has 2 aromatic rings. The predicted molar refractivity (Wildman–Crippen MR) is 77.7 cm³/mol. The molecule has 4 atom stereocenters. The van der Waals surface area contributed by atoms with Crippen LogP contribution in [0.3, 0.4) is 0 Å². The number of hydrogen-bond acceptors (Lipinski definition) is 6. The first-order valence-electron chi connectivity index (χ1n) is 6.98. The summed E-state index contributed by atoms with van der Waals surface area (Å²) in [7, 11) is -3.09. The van der Waals surface area contributed by atoms with Crippen LogP contribution in [0.5, 0.6) is 0 Å². The molecule has 0 aliphatic carbocycles. The number of aromatic nitrogens is 3. The van der Waals surface area contributed by atoms with Crippen molar-refractivity contribution in [2.75, 3.05) is 6.61 Å². The van der Waals surface area contributed by atoms with Crippen molar-refractivity contribution >= 4 is 19.0 Å². The van der Waals surface area contributed by atoms with Crippen LogP contribution in [-0.2, 0) is 20.9 Å². The van der Waals surface area contributed by atoms with Gasteiger partial charge in [0.1, 0.15) is 18.3 Å². The third-order valence-corrected chi connectivity index (χ3v) is 4.32. The summed E-state index contributed by atoms with van der Waals surface area (Å²) < 4.78 is 23.6. The predicted octanol–water partition coefficient (Wildman–Crippen LogP) is -2.12. The monoisotopic (exact) mass is 362 g/mol. The van der Waals surface area contributed by atoms with E-state index in [2.05, 4.69) is 9.51 Å². The van der Waals surface area contributed by atoms with Gasteiger partial charge in [0.15, 0.2) is 6.33 Å². The molecule has 0 aromatic carbocycles. The van der Waals surface area contributed by atoms with Gasteiger partial charge >= 0.3 is 7.82 Å². The summed E-state index contributed by atoms with van der Waals surface area (Å²) in [5.41, 5.74) is 0.481. The molecule has 3 rings (SSSR count). The van der Waals surface area contributed by atoms with Crippen LogP contribution in [0.15, 0.2) is 23.4 Å². The molecule has 0 radical (unpaired) electrons. The Balaban J connectivity index is 1.92. The lowest BCUT2D eigenvalue weighted by atomic mass is 10.1. The van der Waals surface area contributed by atoms with Gasteiger partial charge in [-0.15, -0.1) is 0 Å². The molecule has 2 aromatic heterocycles. The largest absolute Gasteiger partial charge is 0.469 e. The number of nitrogens with one attached hydrogen (secondary N) is 1. The lowest BCUT2D eigenvalue weighted by Gasteiger charge is -2.14. The Labute approximate surface area is 134 Å². The molecule has 0 spiro atoms. The fourth-order valence-electron chi connectivity index (χ4n) is 2.76. The van der Waals surface area contributed by atoms with Gasteiger partial charge in [0, 0.05) is 6.07 Å². The zero-order chi connectivity index (χ0) is 17.6. The number of ether oxygens (including phenoxy) is 1. The molecule has 1 aliphatic rings. The third-order valence-electron chi connectivity index (χ3n) is 3.84. The molecule has 3 heterocycles. The highest BCUT2D eigenvalue weighted by Gasteiger charge is 2.47. The van der Waals surface area contributed by atoms with Gasteiger partial charge in [-0.05, 0) is 0 Å². The number of pyridine rings is 1. The number of phosphoric ester groups is 1.